The number of amides is 1. The molecule has 1 amide bonds. The predicted octanol–water partition coefficient (Wildman–Crippen LogP) is 2.08. The highest BCUT2D eigenvalue weighted by Crippen LogP contribution is 2.24. The maximum Gasteiger partial charge on any atom is 0.264 e. The van der Waals surface area contributed by atoms with E-state index in [2.05, 4.69) is 22.2 Å². The number of halogens is 1. The molecule has 1 N–H and O–H groups in total. The number of hydrogen-bond donors (Lipinski definition) is 1. The van der Waals surface area contributed by atoms with Crippen LogP contribution in [0.2, 0.25) is 0 Å². The molecule has 2 aromatic carbocycles. The number of likely N-dealkylation sites (N-methyl/N-ethyl adjacent to an activating group) is 1. The average molecular weight is 463 g/mol. The summed E-state index contributed by atoms with van der Waals surface area (Å²) in [6.07, 6.45) is 0.796. The van der Waals surface area contributed by atoms with Crippen LogP contribution in [0.1, 0.15) is 12.0 Å². The topological polar surface area (TPSA) is 73.0 Å². The Hall–Kier alpha value is -2.49. The van der Waals surface area contributed by atoms with E-state index in [-0.39, 0.29) is 17.3 Å². The van der Waals surface area contributed by atoms with Crippen LogP contribution in [0.15, 0.2) is 53.4 Å². The summed E-state index contributed by atoms with van der Waals surface area (Å²) in [4.78, 5) is 17.2. The normalized spacial score (nSPS) is 15.5. The molecule has 9 heteroatoms. The van der Waals surface area contributed by atoms with Gasteiger partial charge in [0.15, 0.2) is 0 Å². The molecule has 1 aliphatic heterocycles. The fourth-order valence-corrected chi connectivity index (χ4v) is 4.97. The molecule has 0 bridgehead atoms. The Kier molecular flexibility index (Phi) is 8.22. The maximum absolute atomic E-state index is 13.3. The van der Waals surface area contributed by atoms with Crippen molar-refractivity contribution in [2.45, 2.75) is 18.2 Å². The number of nitrogens with zero attached hydrogens (tertiary/aromatic N) is 3. The Balaban J connectivity index is 1.64. The molecular formula is C23H31FN4O3S. The second kappa shape index (κ2) is 10.9. The third kappa shape index (κ3) is 6.51. The van der Waals surface area contributed by atoms with Crippen molar-refractivity contribution in [1.29, 1.82) is 0 Å². The highest BCUT2D eigenvalue weighted by molar-refractivity contribution is 7.92. The predicted molar refractivity (Wildman–Crippen MR) is 124 cm³/mol. The first kappa shape index (κ1) is 24.2. The SMILES string of the molecule is Cc1ccc(N(CC(=O)NCCCN2CCN(C)CC2)S(=O)(=O)c2ccc(F)cc2)cc1. The van der Waals surface area contributed by atoms with Gasteiger partial charge in [-0.3, -0.25) is 9.10 Å². The lowest BCUT2D eigenvalue weighted by Gasteiger charge is -2.32. The van der Waals surface area contributed by atoms with Crippen molar-refractivity contribution in [2.75, 3.05) is 57.2 Å². The first-order valence-electron chi connectivity index (χ1n) is 10.8. The minimum Gasteiger partial charge on any atom is -0.354 e. The molecule has 1 saturated heterocycles. The number of aryl methyl sites for hydroxylation is 1. The van der Waals surface area contributed by atoms with Crippen molar-refractivity contribution in [1.82, 2.24) is 15.1 Å². The van der Waals surface area contributed by atoms with Crippen LogP contribution in [-0.4, -0.2) is 77.0 Å². The Bertz CT molecular complexity index is 989. The fourth-order valence-electron chi connectivity index (χ4n) is 3.55. The summed E-state index contributed by atoms with van der Waals surface area (Å²) < 4.78 is 40.8. The molecular weight excluding hydrogens is 431 g/mol. The third-order valence-electron chi connectivity index (χ3n) is 5.58. The highest BCUT2D eigenvalue weighted by atomic mass is 32.2. The zero-order valence-electron chi connectivity index (χ0n) is 18.6. The molecule has 3 rings (SSSR count). The van der Waals surface area contributed by atoms with Crippen LogP contribution in [-0.2, 0) is 14.8 Å². The van der Waals surface area contributed by atoms with Crippen LogP contribution >= 0.6 is 0 Å². The number of sulfonamides is 1. The molecule has 0 atom stereocenters. The summed E-state index contributed by atoms with van der Waals surface area (Å²) >= 11 is 0. The van der Waals surface area contributed by atoms with Crippen LogP contribution in [0, 0.1) is 12.7 Å². The van der Waals surface area contributed by atoms with Crippen LogP contribution in [0.3, 0.4) is 0 Å². The number of benzene rings is 2. The molecule has 0 radical (unpaired) electrons. The summed E-state index contributed by atoms with van der Waals surface area (Å²) in [5.41, 5.74) is 1.36. The first-order chi connectivity index (χ1) is 15.3. The molecule has 0 aliphatic carbocycles. The van der Waals surface area contributed by atoms with Crippen LogP contribution in [0.5, 0.6) is 0 Å². The van der Waals surface area contributed by atoms with E-state index < -0.39 is 15.8 Å². The third-order valence-corrected chi connectivity index (χ3v) is 7.37. The zero-order chi connectivity index (χ0) is 23.1. The lowest BCUT2D eigenvalue weighted by Crippen LogP contribution is -2.45. The molecule has 1 fully saturated rings. The standard InChI is InChI=1S/C23H31FN4O3S/c1-19-4-8-21(9-5-19)28(32(30,31)22-10-6-20(24)7-11-22)18-23(29)25-12-3-13-27-16-14-26(2)15-17-27/h4-11H,3,12-18H2,1-2H3,(H,25,29). The average Bonchev–Trinajstić information content (AvgIpc) is 2.77. The number of piperazine rings is 1. The van der Waals surface area contributed by atoms with E-state index >= 15 is 0 Å². The molecule has 1 aliphatic rings. The van der Waals surface area contributed by atoms with E-state index in [1.54, 1.807) is 24.3 Å². The maximum atomic E-state index is 13.3. The Morgan fingerprint density at radius 1 is 1.03 bits per heavy atom. The van der Waals surface area contributed by atoms with E-state index in [0.717, 1.165) is 61.1 Å². The summed E-state index contributed by atoms with van der Waals surface area (Å²) in [6, 6.07) is 11.5. The van der Waals surface area contributed by atoms with Crippen molar-refractivity contribution in [3.63, 3.8) is 0 Å². The van der Waals surface area contributed by atoms with Crippen LogP contribution < -0.4 is 9.62 Å². The number of carbonyl (C=O) groups excluding carboxylic acids is 1. The lowest BCUT2D eigenvalue weighted by atomic mass is 10.2. The zero-order valence-corrected chi connectivity index (χ0v) is 19.4. The van der Waals surface area contributed by atoms with Gasteiger partial charge in [-0.25, -0.2) is 12.8 Å². The summed E-state index contributed by atoms with van der Waals surface area (Å²) in [7, 11) is -1.93. The first-order valence-corrected chi connectivity index (χ1v) is 12.2. The Labute approximate surface area is 189 Å². The molecule has 2 aromatic rings. The van der Waals surface area contributed by atoms with Crippen molar-refractivity contribution in [2.24, 2.45) is 0 Å². The van der Waals surface area contributed by atoms with Gasteiger partial charge in [-0.15, -0.1) is 0 Å². The molecule has 0 aromatic heterocycles. The van der Waals surface area contributed by atoms with E-state index in [0.29, 0.717) is 12.2 Å². The van der Waals surface area contributed by atoms with Gasteiger partial charge < -0.3 is 15.1 Å². The van der Waals surface area contributed by atoms with Crippen molar-refractivity contribution < 1.29 is 17.6 Å². The fraction of sp³-hybridized carbons (Fsp3) is 0.435. The Morgan fingerprint density at radius 2 is 1.66 bits per heavy atom. The second-order valence-electron chi connectivity index (χ2n) is 8.15. The molecule has 1 heterocycles. The molecule has 32 heavy (non-hydrogen) atoms. The van der Waals surface area contributed by atoms with Crippen LogP contribution in [0.25, 0.3) is 0 Å². The van der Waals surface area contributed by atoms with E-state index in [1.165, 1.54) is 12.1 Å². The van der Waals surface area contributed by atoms with Crippen LogP contribution in [0.4, 0.5) is 10.1 Å². The van der Waals surface area contributed by atoms with Crippen molar-refractivity contribution >= 4 is 21.6 Å². The van der Waals surface area contributed by atoms with Gasteiger partial charge in [-0.1, -0.05) is 17.7 Å². The molecule has 0 spiro atoms. The number of anilines is 1. The van der Waals surface area contributed by atoms with Gasteiger partial charge in [0.2, 0.25) is 5.91 Å². The second-order valence-corrected chi connectivity index (χ2v) is 10.0. The van der Waals surface area contributed by atoms with Gasteiger partial charge >= 0.3 is 0 Å². The number of rotatable bonds is 9. The van der Waals surface area contributed by atoms with E-state index in [1.807, 2.05) is 6.92 Å². The number of nitrogens with one attached hydrogen (secondary N) is 1. The van der Waals surface area contributed by atoms with Crippen molar-refractivity contribution in [3.8, 4) is 0 Å². The largest absolute Gasteiger partial charge is 0.354 e. The van der Waals surface area contributed by atoms with E-state index in [9.17, 15) is 17.6 Å². The quantitative estimate of drug-likeness (QED) is 0.578. The van der Waals surface area contributed by atoms with Gasteiger partial charge in [0.1, 0.15) is 12.4 Å². The smallest absolute Gasteiger partial charge is 0.264 e. The minimum atomic E-state index is -4.04. The van der Waals surface area contributed by atoms with Gasteiger partial charge in [0.05, 0.1) is 10.6 Å². The molecule has 174 valence electrons. The number of carbonyl (C=O) groups is 1. The minimum absolute atomic E-state index is 0.0673. The molecule has 0 saturated carbocycles. The number of hydrogen-bond acceptors (Lipinski definition) is 5. The van der Waals surface area contributed by atoms with E-state index in [4.69, 9.17) is 0 Å². The molecule has 0 unspecified atom stereocenters. The van der Waals surface area contributed by atoms with Gasteiger partial charge in [0.25, 0.3) is 10.0 Å². The molecule has 7 nitrogen and oxygen atoms in total. The highest BCUT2D eigenvalue weighted by Gasteiger charge is 2.27. The monoisotopic (exact) mass is 462 g/mol. The summed E-state index contributed by atoms with van der Waals surface area (Å²) in [5.74, 6) is -0.904. The summed E-state index contributed by atoms with van der Waals surface area (Å²) in [6.45, 7) is 7.03. The lowest BCUT2D eigenvalue weighted by molar-refractivity contribution is -0.119. The summed E-state index contributed by atoms with van der Waals surface area (Å²) in [5, 5.41) is 2.83. The Morgan fingerprint density at radius 3 is 2.28 bits per heavy atom. The van der Waals surface area contributed by atoms with Gasteiger partial charge in [-0.05, 0) is 63.3 Å². The van der Waals surface area contributed by atoms with Gasteiger partial charge in [0, 0.05) is 32.7 Å². The van der Waals surface area contributed by atoms with Gasteiger partial charge in [-0.2, -0.15) is 0 Å². The van der Waals surface area contributed by atoms with Crippen molar-refractivity contribution in [3.05, 3.63) is 59.9 Å².